The number of benzene rings is 2. The SMILES string of the molecule is COc1ccc([C@H]2Oc3cc(OC)c([C@@H]4O[C@H](CO)[C@@H](O)[C@H](O)[C@H]4O)c(OC)c3C[C@@H]2O)cc1OC. The molecule has 5 N–H and O–H groups in total. The Balaban J connectivity index is 1.76. The lowest BCUT2D eigenvalue weighted by molar-refractivity contribution is -0.232. The van der Waals surface area contributed by atoms with Crippen molar-refractivity contribution in [1.82, 2.24) is 0 Å². The Hall–Kier alpha value is -2.80. The van der Waals surface area contributed by atoms with Gasteiger partial charge in [0, 0.05) is 18.1 Å². The van der Waals surface area contributed by atoms with E-state index in [1.54, 1.807) is 24.3 Å². The van der Waals surface area contributed by atoms with Crippen molar-refractivity contribution in [3.63, 3.8) is 0 Å². The van der Waals surface area contributed by atoms with Crippen LogP contribution >= 0.6 is 0 Å². The molecule has 11 nitrogen and oxygen atoms in total. The third kappa shape index (κ3) is 4.42. The molecule has 2 aromatic rings. The van der Waals surface area contributed by atoms with Gasteiger partial charge in [-0.2, -0.15) is 0 Å². The molecule has 0 radical (unpaired) electrons. The van der Waals surface area contributed by atoms with Crippen LogP contribution in [0, 0.1) is 0 Å². The van der Waals surface area contributed by atoms with Crippen molar-refractivity contribution in [3.05, 3.63) is 41.0 Å². The summed E-state index contributed by atoms with van der Waals surface area (Å²) in [6.07, 6.45) is -8.52. The fraction of sp³-hybridized carbons (Fsp3) is 0.520. The average molecular weight is 509 g/mol. The lowest BCUT2D eigenvalue weighted by Crippen LogP contribution is -2.55. The van der Waals surface area contributed by atoms with E-state index < -0.39 is 49.3 Å². The van der Waals surface area contributed by atoms with E-state index in [2.05, 4.69) is 0 Å². The third-order valence-electron chi connectivity index (χ3n) is 6.70. The molecule has 0 aliphatic carbocycles. The Morgan fingerprint density at radius 3 is 2.11 bits per heavy atom. The summed E-state index contributed by atoms with van der Waals surface area (Å²) in [7, 11) is 5.88. The minimum atomic E-state index is -1.58. The highest BCUT2D eigenvalue weighted by molar-refractivity contribution is 5.60. The van der Waals surface area contributed by atoms with Crippen molar-refractivity contribution < 1.29 is 54.0 Å². The number of aliphatic hydroxyl groups excluding tert-OH is 5. The van der Waals surface area contributed by atoms with Crippen molar-refractivity contribution in [1.29, 1.82) is 0 Å². The van der Waals surface area contributed by atoms with Gasteiger partial charge in [-0.05, 0) is 17.7 Å². The average Bonchev–Trinajstić information content (AvgIpc) is 2.90. The highest BCUT2D eigenvalue weighted by Crippen LogP contribution is 2.50. The fourth-order valence-corrected chi connectivity index (χ4v) is 4.83. The Labute approximate surface area is 208 Å². The molecule has 0 spiro atoms. The number of ether oxygens (including phenoxy) is 6. The van der Waals surface area contributed by atoms with Crippen LogP contribution in [0.4, 0.5) is 0 Å². The van der Waals surface area contributed by atoms with Crippen LogP contribution in [0.1, 0.15) is 28.9 Å². The predicted molar refractivity (Wildman–Crippen MR) is 125 cm³/mol. The summed E-state index contributed by atoms with van der Waals surface area (Å²) in [6.45, 7) is -0.578. The van der Waals surface area contributed by atoms with Gasteiger partial charge in [0.25, 0.3) is 0 Å². The van der Waals surface area contributed by atoms with Crippen LogP contribution in [0.3, 0.4) is 0 Å². The van der Waals surface area contributed by atoms with Crippen molar-refractivity contribution in [3.8, 4) is 28.7 Å². The van der Waals surface area contributed by atoms with Crippen LogP contribution in [0.5, 0.6) is 28.7 Å². The fourth-order valence-electron chi connectivity index (χ4n) is 4.83. The maximum Gasteiger partial charge on any atom is 0.161 e. The molecule has 11 heteroatoms. The summed E-state index contributed by atoms with van der Waals surface area (Å²) in [5.41, 5.74) is 1.44. The van der Waals surface area contributed by atoms with E-state index in [0.29, 0.717) is 28.4 Å². The molecule has 7 atom stereocenters. The van der Waals surface area contributed by atoms with Gasteiger partial charge >= 0.3 is 0 Å². The Morgan fingerprint density at radius 1 is 0.806 bits per heavy atom. The van der Waals surface area contributed by atoms with E-state index in [9.17, 15) is 25.5 Å². The molecule has 2 aliphatic rings. The number of rotatable bonds is 7. The monoisotopic (exact) mass is 508 g/mol. The molecule has 1 fully saturated rings. The normalized spacial score (nSPS) is 29.6. The quantitative estimate of drug-likeness (QED) is 0.350. The molecular formula is C25H32O11. The van der Waals surface area contributed by atoms with E-state index in [4.69, 9.17) is 28.4 Å². The second-order valence-corrected chi connectivity index (χ2v) is 8.68. The standard InChI is InChI=1S/C25H32O11/c1-31-14-6-5-11(7-16(14)32-2)23-13(27)8-12-15(35-23)9-17(33-3)19(24(12)34-4)25-22(30)21(29)20(28)18(10-26)36-25/h5-7,9,13,18,20-23,25-30H,8,10H2,1-4H3/t13-,18+,20+,21-,22+,23+,25-/m0/s1. The van der Waals surface area contributed by atoms with Crippen molar-refractivity contribution in [2.45, 2.75) is 49.1 Å². The molecule has 0 aromatic heterocycles. The van der Waals surface area contributed by atoms with E-state index in [1.807, 2.05) is 0 Å². The zero-order valence-electron chi connectivity index (χ0n) is 20.5. The topological polar surface area (TPSA) is 157 Å². The summed E-state index contributed by atoms with van der Waals surface area (Å²) < 4.78 is 33.9. The first-order chi connectivity index (χ1) is 17.3. The molecular weight excluding hydrogens is 476 g/mol. The second kappa shape index (κ2) is 10.7. The zero-order valence-corrected chi connectivity index (χ0v) is 20.5. The zero-order chi connectivity index (χ0) is 26.1. The molecule has 2 aliphatic heterocycles. The van der Waals surface area contributed by atoms with Gasteiger partial charge in [-0.15, -0.1) is 0 Å². The summed E-state index contributed by atoms with van der Waals surface area (Å²) >= 11 is 0. The molecule has 2 aromatic carbocycles. The number of aliphatic hydroxyl groups is 5. The molecule has 2 heterocycles. The second-order valence-electron chi connectivity index (χ2n) is 8.68. The van der Waals surface area contributed by atoms with E-state index in [1.165, 1.54) is 28.4 Å². The Bertz CT molecular complexity index is 1070. The molecule has 0 amide bonds. The van der Waals surface area contributed by atoms with Crippen LogP contribution in [0.2, 0.25) is 0 Å². The molecule has 36 heavy (non-hydrogen) atoms. The van der Waals surface area contributed by atoms with Gasteiger partial charge in [0.15, 0.2) is 11.5 Å². The first-order valence-corrected chi connectivity index (χ1v) is 11.4. The first-order valence-electron chi connectivity index (χ1n) is 11.4. The molecule has 198 valence electrons. The smallest absolute Gasteiger partial charge is 0.161 e. The third-order valence-corrected chi connectivity index (χ3v) is 6.70. The van der Waals surface area contributed by atoms with E-state index >= 15 is 0 Å². The molecule has 1 saturated heterocycles. The van der Waals surface area contributed by atoms with Crippen LogP contribution in [-0.4, -0.2) is 91.1 Å². The summed E-state index contributed by atoms with van der Waals surface area (Å²) in [4.78, 5) is 0. The van der Waals surface area contributed by atoms with Crippen molar-refractivity contribution in [2.75, 3.05) is 35.0 Å². The molecule has 4 rings (SSSR count). The first kappa shape index (κ1) is 26.3. The number of fused-ring (bicyclic) bond motifs is 1. The minimum Gasteiger partial charge on any atom is -0.496 e. The maximum absolute atomic E-state index is 11.0. The lowest BCUT2D eigenvalue weighted by atomic mass is 9.87. The van der Waals surface area contributed by atoms with Crippen LogP contribution in [0.15, 0.2) is 24.3 Å². The molecule has 0 bridgehead atoms. The lowest BCUT2D eigenvalue weighted by Gasteiger charge is -2.41. The van der Waals surface area contributed by atoms with E-state index in [0.717, 1.165) is 0 Å². The Kier molecular flexibility index (Phi) is 7.79. The van der Waals surface area contributed by atoms with Crippen LogP contribution in [0.25, 0.3) is 0 Å². The maximum atomic E-state index is 11.0. The van der Waals surface area contributed by atoms with Crippen molar-refractivity contribution >= 4 is 0 Å². The van der Waals surface area contributed by atoms with Crippen LogP contribution < -0.4 is 23.7 Å². The number of hydrogen-bond donors (Lipinski definition) is 5. The molecule has 0 saturated carbocycles. The Morgan fingerprint density at radius 2 is 1.50 bits per heavy atom. The highest BCUT2D eigenvalue weighted by atomic mass is 16.6. The van der Waals surface area contributed by atoms with Gasteiger partial charge in [-0.25, -0.2) is 0 Å². The number of hydrogen-bond acceptors (Lipinski definition) is 11. The van der Waals surface area contributed by atoms with Gasteiger partial charge in [-0.1, -0.05) is 6.07 Å². The van der Waals surface area contributed by atoms with Gasteiger partial charge in [0.1, 0.15) is 53.9 Å². The van der Waals surface area contributed by atoms with Crippen molar-refractivity contribution in [2.24, 2.45) is 0 Å². The number of methoxy groups -OCH3 is 4. The van der Waals surface area contributed by atoms with Crippen LogP contribution in [-0.2, 0) is 11.2 Å². The van der Waals surface area contributed by atoms with Gasteiger partial charge in [0.2, 0.25) is 0 Å². The minimum absolute atomic E-state index is 0.131. The largest absolute Gasteiger partial charge is 0.496 e. The summed E-state index contributed by atoms with van der Waals surface area (Å²) in [5.74, 6) is 1.89. The molecule has 0 unspecified atom stereocenters. The predicted octanol–water partition coefficient (Wildman–Crippen LogP) is 0.273. The summed E-state index contributed by atoms with van der Waals surface area (Å²) in [5, 5.41) is 51.9. The summed E-state index contributed by atoms with van der Waals surface area (Å²) in [6, 6.07) is 6.82. The highest BCUT2D eigenvalue weighted by Gasteiger charge is 2.47. The van der Waals surface area contributed by atoms with Gasteiger partial charge < -0.3 is 54.0 Å². The van der Waals surface area contributed by atoms with E-state index in [-0.39, 0.29) is 23.5 Å². The van der Waals surface area contributed by atoms with Gasteiger partial charge in [-0.3, -0.25) is 0 Å². The van der Waals surface area contributed by atoms with Gasteiger partial charge in [0.05, 0.1) is 46.7 Å².